The number of amides is 1. The fourth-order valence-corrected chi connectivity index (χ4v) is 3.78. The van der Waals surface area contributed by atoms with Gasteiger partial charge >= 0.3 is 0 Å². The summed E-state index contributed by atoms with van der Waals surface area (Å²) >= 11 is 0. The highest BCUT2D eigenvalue weighted by Crippen LogP contribution is 2.31. The quantitative estimate of drug-likeness (QED) is 0.695. The predicted octanol–water partition coefficient (Wildman–Crippen LogP) is 3.47. The van der Waals surface area contributed by atoms with E-state index >= 15 is 0 Å². The van der Waals surface area contributed by atoms with Gasteiger partial charge in [0.25, 0.3) is 5.91 Å². The zero-order valence-corrected chi connectivity index (χ0v) is 16.3. The Hall–Kier alpha value is -3.09. The summed E-state index contributed by atoms with van der Waals surface area (Å²) in [7, 11) is 0. The molecule has 144 valence electrons. The van der Waals surface area contributed by atoms with Crippen LogP contribution in [0, 0.1) is 20.8 Å². The van der Waals surface area contributed by atoms with Crippen molar-refractivity contribution >= 4 is 5.91 Å². The van der Waals surface area contributed by atoms with Crippen LogP contribution in [0.5, 0.6) is 0 Å². The summed E-state index contributed by atoms with van der Waals surface area (Å²) in [5.41, 5.74) is 4.23. The van der Waals surface area contributed by atoms with Crippen LogP contribution < -0.4 is 0 Å². The van der Waals surface area contributed by atoms with Gasteiger partial charge in [0.2, 0.25) is 0 Å². The first-order chi connectivity index (χ1) is 13.5. The second-order valence-electron chi connectivity index (χ2n) is 7.20. The average Bonchev–Trinajstić information content (AvgIpc) is 3.06. The van der Waals surface area contributed by atoms with Crippen LogP contribution >= 0.6 is 0 Å². The number of nitrogens with zero attached hydrogens (tertiary/aromatic N) is 5. The highest BCUT2D eigenvalue weighted by atomic mass is 16.5. The molecule has 0 spiro atoms. The summed E-state index contributed by atoms with van der Waals surface area (Å²) in [6.45, 7) is 7.02. The Morgan fingerprint density at radius 1 is 1.11 bits per heavy atom. The summed E-state index contributed by atoms with van der Waals surface area (Å²) < 4.78 is 5.28. The molecule has 0 aliphatic carbocycles. The maximum Gasteiger partial charge on any atom is 0.272 e. The minimum atomic E-state index is -0.0265. The molecule has 7 nitrogen and oxygen atoms in total. The molecule has 7 heteroatoms. The molecule has 1 aliphatic rings. The van der Waals surface area contributed by atoms with Crippen molar-refractivity contribution in [2.75, 3.05) is 13.1 Å². The van der Waals surface area contributed by atoms with Gasteiger partial charge in [-0.25, -0.2) is 9.97 Å². The van der Waals surface area contributed by atoms with Crippen molar-refractivity contribution in [3.63, 3.8) is 0 Å². The van der Waals surface area contributed by atoms with E-state index in [2.05, 4.69) is 21.2 Å². The number of likely N-dealkylation sites (tertiary alicyclic amines) is 1. The standard InChI is InChI=1S/C21H23N5O2/c1-13-20(14(2)28-25-13)18-6-4-5-17(24-18)16-8-11-26(12-9-16)21(27)19-7-10-22-15(3)23-19/h4-7,10,16H,8-9,11-12H2,1-3H3. The van der Waals surface area contributed by atoms with Gasteiger partial charge in [-0.15, -0.1) is 0 Å². The van der Waals surface area contributed by atoms with Crippen LogP contribution in [0.15, 0.2) is 35.0 Å². The Kier molecular flexibility index (Phi) is 4.90. The number of carbonyl (C=O) groups excluding carboxylic acids is 1. The third-order valence-corrected chi connectivity index (χ3v) is 5.26. The van der Waals surface area contributed by atoms with Crippen LogP contribution in [0.1, 0.15) is 52.2 Å². The molecule has 1 saturated heterocycles. The van der Waals surface area contributed by atoms with Crippen LogP contribution in [0.25, 0.3) is 11.3 Å². The van der Waals surface area contributed by atoms with Gasteiger partial charge in [0, 0.05) is 30.9 Å². The monoisotopic (exact) mass is 377 g/mol. The van der Waals surface area contributed by atoms with E-state index < -0.39 is 0 Å². The van der Waals surface area contributed by atoms with E-state index in [4.69, 9.17) is 9.51 Å². The summed E-state index contributed by atoms with van der Waals surface area (Å²) in [6, 6.07) is 7.77. The normalized spacial score (nSPS) is 15.0. The number of rotatable bonds is 3. The van der Waals surface area contributed by atoms with E-state index in [0.717, 1.165) is 41.2 Å². The van der Waals surface area contributed by atoms with Crippen molar-refractivity contribution in [1.29, 1.82) is 0 Å². The lowest BCUT2D eigenvalue weighted by Crippen LogP contribution is -2.38. The Labute approximate surface area is 163 Å². The number of carbonyl (C=O) groups is 1. The maximum atomic E-state index is 12.7. The molecule has 3 aromatic rings. The van der Waals surface area contributed by atoms with E-state index in [1.54, 1.807) is 19.2 Å². The van der Waals surface area contributed by atoms with Gasteiger partial charge in [-0.3, -0.25) is 9.78 Å². The third kappa shape index (κ3) is 3.52. The number of aryl methyl sites for hydroxylation is 3. The first-order valence-corrected chi connectivity index (χ1v) is 9.52. The zero-order valence-electron chi connectivity index (χ0n) is 16.3. The van der Waals surface area contributed by atoms with Gasteiger partial charge in [-0.1, -0.05) is 11.2 Å². The minimum Gasteiger partial charge on any atom is -0.361 e. The van der Waals surface area contributed by atoms with E-state index in [0.29, 0.717) is 30.5 Å². The van der Waals surface area contributed by atoms with Gasteiger partial charge in [0.1, 0.15) is 17.3 Å². The van der Waals surface area contributed by atoms with E-state index in [-0.39, 0.29) is 5.91 Å². The van der Waals surface area contributed by atoms with Crippen LogP contribution in [-0.2, 0) is 0 Å². The van der Waals surface area contributed by atoms with Gasteiger partial charge in [0.05, 0.1) is 17.0 Å². The topological polar surface area (TPSA) is 85.0 Å². The molecule has 0 unspecified atom stereocenters. The molecule has 4 rings (SSSR count). The number of aromatic nitrogens is 4. The molecule has 0 aromatic carbocycles. The van der Waals surface area contributed by atoms with Crippen molar-refractivity contribution in [1.82, 2.24) is 25.0 Å². The van der Waals surface area contributed by atoms with E-state index in [1.165, 1.54) is 0 Å². The van der Waals surface area contributed by atoms with Gasteiger partial charge < -0.3 is 9.42 Å². The molecule has 0 radical (unpaired) electrons. The predicted molar refractivity (Wildman–Crippen MR) is 104 cm³/mol. The summed E-state index contributed by atoms with van der Waals surface area (Å²) in [5.74, 6) is 1.70. The first kappa shape index (κ1) is 18.3. The van der Waals surface area contributed by atoms with Crippen molar-refractivity contribution in [2.45, 2.75) is 39.5 Å². The van der Waals surface area contributed by atoms with Crippen molar-refractivity contribution in [3.05, 3.63) is 59.1 Å². The molecule has 0 bridgehead atoms. The molecule has 0 atom stereocenters. The van der Waals surface area contributed by atoms with Crippen molar-refractivity contribution in [2.24, 2.45) is 0 Å². The number of hydrogen-bond acceptors (Lipinski definition) is 6. The Morgan fingerprint density at radius 2 is 1.89 bits per heavy atom. The third-order valence-electron chi connectivity index (χ3n) is 5.26. The molecule has 28 heavy (non-hydrogen) atoms. The lowest BCUT2D eigenvalue weighted by atomic mass is 9.92. The molecular weight excluding hydrogens is 354 g/mol. The second-order valence-corrected chi connectivity index (χ2v) is 7.20. The fraction of sp³-hybridized carbons (Fsp3) is 0.381. The molecule has 0 N–H and O–H groups in total. The Balaban J connectivity index is 1.47. The molecule has 1 fully saturated rings. The Bertz CT molecular complexity index is 986. The van der Waals surface area contributed by atoms with Crippen LogP contribution in [0.4, 0.5) is 0 Å². The van der Waals surface area contributed by atoms with Crippen LogP contribution in [-0.4, -0.2) is 44.0 Å². The second kappa shape index (κ2) is 7.50. The molecule has 3 aromatic heterocycles. The smallest absolute Gasteiger partial charge is 0.272 e. The van der Waals surface area contributed by atoms with Gasteiger partial charge in [0.15, 0.2) is 0 Å². The number of pyridine rings is 1. The van der Waals surface area contributed by atoms with Crippen LogP contribution in [0.2, 0.25) is 0 Å². The van der Waals surface area contributed by atoms with Gasteiger partial charge in [-0.05, 0) is 51.8 Å². The van der Waals surface area contributed by atoms with Crippen LogP contribution in [0.3, 0.4) is 0 Å². The largest absolute Gasteiger partial charge is 0.361 e. The lowest BCUT2D eigenvalue weighted by Gasteiger charge is -2.31. The molecule has 4 heterocycles. The number of hydrogen-bond donors (Lipinski definition) is 0. The molecule has 1 aliphatic heterocycles. The SMILES string of the molecule is Cc1nccc(C(=O)N2CCC(c3cccc(-c4c(C)noc4C)n3)CC2)n1. The Morgan fingerprint density at radius 3 is 2.57 bits per heavy atom. The maximum absolute atomic E-state index is 12.7. The van der Waals surface area contributed by atoms with Crippen molar-refractivity contribution in [3.8, 4) is 11.3 Å². The average molecular weight is 377 g/mol. The summed E-state index contributed by atoms with van der Waals surface area (Å²) in [6.07, 6.45) is 3.40. The molecular formula is C21H23N5O2. The summed E-state index contributed by atoms with van der Waals surface area (Å²) in [4.78, 5) is 27.7. The zero-order chi connectivity index (χ0) is 19.7. The fourth-order valence-electron chi connectivity index (χ4n) is 3.78. The van der Waals surface area contributed by atoms with Gasteiger partial charge in [-0.2, -0.15) is 0 Å². The van der Waals surface area contributed by atoms with Crippen molar-refractivity contribution < 1.29 is 9.32 Å². The number of piperidine rings is 1. The molecule has 0 saturated carbocycles. The van der Waals surface area contributed by atoms with E-state index in [1.807, 2.05) is 30.9 Å². The molecule has 1 amide bonds. The summed E-state index contributed by atoms with van der Waals surface area (Å²) in [5, 5.41) is 4.03. The lowest BCUT2D eigenvalue weighted by molar-refractivity contribution is 0.0705. The highest BCUT2D eigenvalue weighted by Gasteiger charge is 2.26. The first-order valence-electron chi connectivity index (χ1n) is 9.52. The van der Waals surface area contributed by atoms with E-state index in [9.17, 15) is 4.79 Å². The minimum absolute atomic E-state index is 0.0265. The highest BCUT2D eigenvalue weighted by molar-refractivity contribution is 5.92.